The van der Waals surface area contributed by atoms with Gasteiger partial charge >= 0.3 is 0 Å². The molecule has 2 aromatic rings. The van der Waals surface area contributed by atoms with Crippen molar-refractivity contribution in [3.63, 3.8) is 0 Å². The lowest BCUT2D eigenvalue weighted by atomic mass is 10.0. The Balaban J connectivity index is 1.73. The van der Waals surface area contributed by atoms with Crippen molar-refractivity contribution < 1.29 is 9.18 Å². The predicted octanol–water partition coefficient (Wildman–Crippen LogP) is 2.07. The van der Waals surface area contributed by atoms with E-state index in [2.05, 4.69) is 22.5 Å². The van der Waals surface area contributed by atoms with Gasteiger partial charge in [-0.1, -0.05) is 6.92 Å². The van der Waals surface area contributed by atoms with Crippen molar-refractivity contribution in [2.75, 3.05) is 13.1 Å². The number of hydrogen-bond donors (Lipinski definition) is 2. The van der Waals surface area contributed by atoms with E-state index in [4.69, 9.17) is 0 Å². The summed E-state index contributed by atoms with van der Waals surface area (Å²) in [6, 6.07) is 3.08. The zero-order valence-electron chi connectivity index (χ0n) is 13.8. The van der Waals surface area contributed by atoms with E-state index in [-0.39, 0.29) is 17.6 Å². The highest BCUT2D eigenvalue weighted by molar-refractivity contribution is 5.82. The van der Waals surface area contributed by atoms with Crippen molar-refractivity contribution in [2.45, 2.75) is 32.7 Å². The van der Waals surface area contributed by atoms with E-state index in [0.717, 1.165) is 25.0 Å². The minimum atomic E-state index is -0.664. The molecule has 2 heterocycles. The van der Waals surface area contributed by atoms with Crippen molar-refractivity contribution in [1.29, 1.82) is 0 Å². The molecular weight excluding hydrogens is 295 g/mol. The summed E-state index contributed by atoms with van der Waals surface area (Å²) in [5.41, 5.74) is 0.142. The van der Waals surface area contributed by atoms with Crippen LogP contribution >= 0.6 is 0 Å². The second kappa shape index (κ2) is 5.92. The van der Waals surface area contributed by atoms with Crippen molar-refractivity contribution in [3.05, 3.63) is 36.2 Å². The first-order valence-electron chi connectivity index (χ1n) is 8.08. The number of imidazole rings is 1. The number of nitrogens with zero attached hydrogens (tertiary/aromatic N) is 2. The van der Waals surface area contributed by atoms with Gasteiger partial charge in [-0.15, -0.1) is 0 Å². The molecule has 0 spiro atoms. The van der Waals surface area contributed by atoms with Gasteiger partial charge in [0.1, 0.15) is 11.6 Å². The van der Waals surface area contributed by atoms with Crippen LogP contribution in [0.4, 0.5) is 4.39 Å². The Kier molecular flexibility index (Phi) is 4.10. The van der Waals surface area contributed by atoms with Crippen LogP contribution in [0.5, 0.6) is 0 Å². The van der Waals surface area contributed by atoms with Gasteiger partial charge in [-0.2, -0.15) is 0 Å². The molecule has 0 radical (unpaired) electrons. The van der Waals surface area contributed by atoms with Crippen molar-refractivity contribution >= 4 is 11.4 Å². The minimum absolute atomic E-state index is 0.0473. The van der Waals surface area contributed by atoms with E-state index in [0.29, 0.717) is 11.7 Å². The van der Waals surface area contributed by atoms with Crippen LogP contribution in [0.3, 0.4) is 0 Å². The molecule has 6 heteroatoms. The quantitative estimate of drug-likeness (QED) is 0.857. The Morgan fingerprint density at radius 2 is 2.26 bits per heavy atom. The molecule has 1 aliphatic carbocycles. The van der Waals surface area contributed by atoms with Crippen molar-refractivity contribution in [1.82, 2.24) is 20.0 Å². The summed E-state index contributed by atoms with van der Waals surface area (Å²) >= 11 is 0. The number of aromatic nitrogens is 2. The van der Waals surface area contributed by atoms with Gasteiger partial charge in [0.2, 0.25) is 5.91 Å². The lowest BCUT2D eigenvalue weighted by Crippen LogP contribution is -2.43. The van der Waals surface area contributed by atoms with Crippen LogP contribution < -0.4 is 10.6 Å². The summed E-state index contributed by atoms with van der Waals surface area (Å²) in [5, 5.41) is 6.34. The topological polar surface area (TPSA) is 58.4 Å². The maximum atomic E-state index is 13.5. The molecule has 1 aliphatic rings. The summed E-state index contributed by atoms with van der Waals surface area (Å²) in [7, 11) is 0. The van der Waals surface area contributed by atoms with Gasteiger partial charge in [0, 0.05) is 12.1 Å². The molecule has 3 rings (SSSR count). The number of carbonyl (C=O) groups is 1. The Labute approximate surface area is 135 Å². The number of nitrogens with one attached hydrogen (secondary N) is 2. The van der Waals surface area contributed by atoms with E-state index in [1.54, 1.807) is 16.7 Å². The molecule has 2 N–H and O–H groups in total. The molecule has 2 atom stereocenters. The molecule has 1 saturated carbocycles. The highest BCUT2D eigenvalue weighted by atomic mass is 19.1. The highest BCUT2D eigenvalue weighted by Crippen LogP contribution is 2.38. The summed E-state index contributed by atoms with van der Waals surface area (Å²) in [4.78, 5) is 16.8. The Morgan fingerprint density at radius 3 is 3.00 bits per heavy atom. The number of amides is 1. The van der Waals surface area contributed by atoms with Gasteiger partial charge < -0.3 is 10.6 Å². The zero-order chi connectivity index (χ0) is 16.6. The first kappa shape index (κ1) is 15.9. The van der Waals surface area contributed by atoms with Crippen LogP contribution in [0, 0.1) is 17.7 Å². The lowest BCUT2D eigenvalue weighted by molar-refractivity contribution is -0.124. The summed E-state index contributed by atoms with van der Waals surface area (Å²) in [5.74, 6) is 0.832. The third kappa shape index (κ3) is 3.22. The summed E-state index contributed by atoms with van der Waals surface area (Å²) in [6.45, 7) is 7.65. The first-order valence-corrected chi connectivity index (χ1v) is 8.08. The molecule has 0 aliphatic heterocycles. The number of fused-ring (bicyclic) bond motifs is 1. The normalized spacial score (nSPS) is 20.7. The molecule has 0 aromatic carbocycles. The van der Waals surface area contributed by atoms with Crippen LogP contribution in [-0.4, -0.2) is 28.4 Å². The summed E-state index contributed by atoms with van der Waals surface area (Å²) < 4.78 is 15.2. The standard InChI is InChI=1S/C17H23FN4O/c1-4-19-8-11-7-14(11)15(23)21-17(2,3)16-20-9-13-6-5-12(18)10-22(13)16/h5-6,9-11,14,19H,4,7-8H2,1-3H3,(H,21,23)/t11-,14+/m1/s1. The van der Waals surface area contributed by atoms with Gasteiger partial charge in [-0.05, 0) is 51.4 Å². The van der Waals surface area contributed by atoms with Crippen LogP contribution in [0.1, 0.15) is 33.0 Å². The molecular formula is C17H23FN4O. The molecule has 0 bridgehead atoms. The van der Waals surface area contributed by atoms with E-state index in [1.807, 2.05) is 13.8 Å². The molecule has 5 nitrogen and oxygen atoms in total. The molecule has 124 valence electrons. The number of hydrogen-bond acceptors (Lipinski definition) is 3. The number of rotatable bonds is 6. The third-order valence-electron chi connectivity index (χ3n) is 4.40. The second-order valence-corrected chi connectivity index (χ2v) is 6.75. The fourth-order valence-electron chi connectivity index (χ4n) is 3.01. The molecule has 0 unspecified atom stereocenters. The Morgan fingerprint density at radius 1 is 1.48 bits per heavy atom. The van der Waals surface area contributed by atoms with E-state index in [9.17, 15) is 9.18 Å². The fraction of sp³-hybridized carbons (Fsp3) is 0.529. The van der Waals surface area contributed by atoms with Crippen molar-refractivity contribution in [2.24, 2.45) is 11.8 Å². The highest BCUT2D eigenvalue weighted by Gasteiger charge is 2.44. The van der Waals surface area contributed by atoms with Crippen LogP contribution in [-0.2, 0) is 10.3 Å². The fourth-order valence-corrected chi connectivity index (χ4v) is 3.01. The smallest absolute Gasteiger partial charge is 0.224 e. The van der Waals surface area contributed by atoms with Crippen LogP contribution in [0.15, 0.2) is 24.5 Å². The van der Waals surface area contributed by atoms with E-state index < -0.39 is 5.54 Å². The first-order chi connectivity index (χ1) is 10.9. The Bertz CT molecular complexity index is 724. The van der Waals surface area contributed by atoms with Gasteiger partial charge in [-0.25, -0.2) is 9.37 Å². The molecule has 1 fully saturated rings. The predicted molar refractivity (Wildman–Crippen MR) is 86.5 cm³/mol. The number of pyridine rings is 1. The SMILES string of the molecule is CCNC[C@H]1C[C@@H]1C(=O)NC(C)(C)c1ncc2ccc(F)cn12. The lowest BCUT2D eigenvalue weighted by Gasteiger charge is -2.25. The third-order valence-corrected chi connectivity index (χ3v) is 4.40. The van der Waals surface area contributed by atoms with E-state index in [1.165, 1.54) is 12.3 Å². The van der Waals surface area contributed by atoms with E-state index >= 15 is 0 Å². The number of carbonyl (C=O) groups excluding carboxylic acids is 1. The second-order valence-electron chi connectivity index (χ2n) is 6.75. The van der Waals surface area contributed by atoms with Crippen molar-refractivity contribution in [3.8, 4) is 0 Å². The van der Waals surface area contributed by atoms with Gasteiger partial charge in [0.05, 0.1) is 17.3 Å². The zero-order valence-corrected chi connectivity index (χ0v) is 13.8. The number of halogens is 1. The minimum Gasteiger partial charge on any atom is -0.344 e. The van der Waals surface area contributed by atoms with Gasteiger partial charge in [-0.3, -0.25) is 9.20 Å². The maximum absolute atomic E-state index is 13.5. The Hall–Kier alpha value is -1.95. The largest absolute Gasteiger partial charge is 0.344 e. The average molecular weight is 318 g/mol. The molecule has 0 saturated heterocycles. The van der Waals surface area contributed by atoms with Crippen LogP contribution in [0.2, 0.25) is 0 Å². The average Bonchev–Trinajstić information content (AvgIpc) is 3.15. The summed E-state index contributed by atoms with van der Waals surface area (Å²) in [6.07, 6.45) is 4.01. The van der Waals surface area contributed by atoms with Gasteiger partial charge in [0.15, 0.2) is 0 Å². The maximum Gasteiger partial charge on any atom is 0.224 e. The monoisotopic (exact) mass is 318 g/mol. The molecule has 2 aromatic heterocycles. The molecule has 1 amide bonds. The van der Waals surface area contributed by atoms with Gasteiger partial charge in [0.25, 0.3) is 0 Å². The molecule has 23 heavy (non-hydrogen) atoms. The van der Waals surface area contributed by atoms with Crippen LogP contribution in [0.25, 0.3) is 5.52 Å².